The highest BCUT2D eigenvalue weighted by atomic mass is 35.5. The molecule has 2 N–H and O–H groups in total. The van der Waals surface area contributed by atoms with Crippen molar-refractivity contribution in [3.8, 4) is 0 Å². The van der Waals surface area contributed by atoms with Gasteiger partial charge in [-0.25, -0.2) is 0 Å². The smallest absolute Gasteiger partial charge is 0.237 e. The van der Waals surface area contributed by atoms with E-state index in [0.29, 0.717) is 28.0 Å². The first-order valence-electron chi connectivity index (χ1n) is 9.29. The summed E-state index contributed by atoms with van der Waals surface area (Å²) < 4.78 is 1.86. The van der Waals surface area contributed by atoms with Crippen LogP contribution in [-0.4, -0.2) is 31.7 Å². The van der Waals surface area contributed by atoms with E-state index in [1.807, 2.05) is 42.8 Å². The van der Waals surface area contributed by atoms with Gasteiger partial charge in [0, 0.05) is 29.0 Å². The molecule has 7 nitrogen and oxygen atoms in total. The van der Waals surface area contributed by atoms with Crippen LogP contribution >= 0.6 is 23.4 Å². The molecule has 1 aromatic heterocycles. The molecular weight excluding hydrogens is 422 g/mol. The molecule has 1 atom stereocenters. The quantitative estimate of drug-likeness (QED) is 0.396. The molecule has 0 saturated heterocycles. The van der Waals surface area contributed by atoms with Gasteiger partial charge in [-0.3, -0.25) is 9.59 Å². The third-order valence-electron chi connectivity index (χ3n) is 4.43. The van der Waals surface area contributed by atoms with E-state index >= 15 is 0 Å². The summed E-state index contributed by atoms with van der Waals surface area (Å²) >= 11 is 7.23. The third kappa shape index (κ3) is 5.61. The summed E-state index contributed by atoms with van der Waals surface area (Å²) in [6, 6.07) is 14.2. The fourth-order valence-electron chi connectivity index (χ4n) is 2.59. The molecule has 3 rings (SSSR count). The van der Waals surface area contributed by atoms with Crippen molar-refractivity contribution in [1.29, 1.82) is 0 Å². The lowest BCUT2D eigenvalue weighted by Gasteiger charge is -2.12. The summed E-state index contributed by atoms with van der Waals surface area (Å²) in [7, 11) is 1.87. The van der Waals surface area contributed by atoms with Crippen LogP contribution in [0, 0.1) is 0 Å². The molecule has 0 aliphatic heterocycles. The van der Waals surface area contributed by atoms with E-state index in [1.165, 1.54) is 18.7 Å². The topological polar surface area (TPSA) is 88.9 Å². The molecule has 156 valence electrons. The van der Waals surface area contributed by atoms with Crippen molar-refractivity contribution in [2.24, 2.45) is 7.05 Å². The fourth-order valence-corrected chi connectivity index (χ4v) is 3.55. The monoisotopic (exact) mass is 443 g/mol. The number of anilines is 2. The van der Waals surface area contributed by atoms with Gasteiger partial charge in [0.2, 0.25) is 5.91 Å². The molecule has 1 amide bonds. The minimum absolute atomic E-state index is 0.0135. The van der Waals surface area contributed by atoms with Crippen molar-refractivity contribution in [3.05, 3.63) is 64.9 Å². The average molecular weight is 444 g/mol. The molecule has 30 heavy (non-hydrogen) atoms. The molecule has 0 saturated carbocycles. The highest BCUT2D eigenvalue weighted by molar-refractivity contribution is 8.00. The Kier molecular flexibility index (Phi) is 7.12. The van der Waals surface area contributed by atoms with Crippen LogP contribution in [-0.2, 0) is 18.4 Å². The molecule has 0 bridgehead atoms. The number of ketones is 1. The van der Waals surface area contributed by atoms with Crippen LogP contribution in [0.3, 0.4) is 0 Å². The minimum Gasteiger partial charge on any atom is -0.378 e. The lowest BCUT2D eigenvalue weighted by atomic mass is 10.1. The van der Waals surface area contributed by atoms with E-state index in [4.69, 9.17) is 11.6 Å². The Morgan fingerprint density at radius 1 is 1.07 bits per heavy atom. The van der Waals surface area contributed by atoms with Gasteiger partial charge in [-0.15, -0.1) is 10.2 Å². The number of hydrogen-bond donors (Lipinski definition) is 2. The Morgan fingerprint density at radius 3 is 2.33 bits per heavy atom. The molecule has 2 aromatic carbocycles. The van der Waals surface area contributed by atoms with Crippen LogP contribution in [0.4, 0.5) is 11.4 Å². The number of carbonyl (C=O) groups is 2. The van der Waals surface area contributed by atoms with E-state index < -0.39 is 0 Å². The highest BCUT2D eigenvalue weighted by Gasteiger charge is 2.19. The number of carbonyl (C=O) groups excluding carboxylic acids is 2. The van der Waals surface area contributed by atoms with Crippen LogP contribution in [0.25, 0.3) is 0 Å². The molecule has 0 spiro atoms. The molecule has 1 unspecified atom stereocenters. The highest BCUT2D eigenvalue weighted by Crippen LogP contribution is 2.23. The zero-order chi connectivity index (χ0) is 21.7. The zero-order valence-electron chi connectivity index (χ0n) is 16.8. The maximum absolute atomic E-state index is 12.5. The van der Waals surface area contributed by atoms with Gasteiger partial charge in [-0.05, 0) is 62.4 Å². The number of amides is 1. The number of rotatable bonds is 8. The van der Waals surface area contributed by atoms with Gasteiger partial charge >= 0.3 is 0 Å². The first-order chi connectivity index (χ1) is 14.3. The number of thioether (sulfide) groups is 1. The molecule has 3 aromatic rings. The fraction of sp³-hybridized carbons (Fsp3) is 0.238. The maximum atomic E-state index is 12.5. The van der Waals surface area contributed by atoms with E-state index in [-0.39, 0.29) is 16.9 Å². The zero-order valence-corrected chi connectivity index (χ0v) is 18.4. The second-order valence-corrected chi connectivity index (χ2v) is 8.45. The van der Waals surface area contributed by atoms with Crippen molar-refractivity contribution < 1.29 is 9.59 Å². The van der Waals surface area contributed by atoms with Crippen LogP contribution in [0.15, 0.2) is 53.7 Å². The van der Waals surface area contributed by atoms with Gasteiger partial charge in [-0.2, -0.15) is 0 Å². The van der Waals surface area contributed by atoms with Gasteiger partial charge in [0.25, 0.3) is 0 Å². The van der Waals surface area contributed by atoms with E-state index in [1.54, 1.807) is 24.3 Å². The number of benzene rings is 2. The average Bonchev–Trinajstić information content (AvgIpc) is 3.07. The summed E-state index contributed by atoms with van der Waals surface area (Å²) in [5, 5.41) is 15.5. The molecule has 0 aliphatic carbocycles. The summed E-state index contributed by atoms with van der Waals surface area (Å²) in [4.78, 5) is 23.9. The number of halogens is 1. The minimum atomic E-state index is -0.377. The first kappa shape index (κ1) is 21.9. The molecule has 0 fully saturated rings. The van der Waals surface area contributed by atoms with Crippen molar-refractivity contribution >= 4 is 46.4 Å². The second kappa shape index (κ2) is 9.77. The maximum Gasteiger partial charge on any atom is 0.237 e. The molecule has 1 heterocycles. The number of hydrogen-bond acceptors (Lipinski definition) is 6. The van der Waals surface area contributed by atoms with Crippen LogP contribution < -0.4 is 10.6 Å². The first-order valence-corrected chi connectivity index (χ1v) is 10.6. The van der Waals surface area contributed by atoms with Gasteiger partial charge in [0.05, 0.1) is 11.8 Å². The summed E-state index contributed by atoms with van der Waals surface area (Å²) in [5.41, 5.74) is 2.18. The summed E-state index contributed by atoms with van der Waals surface area (Å²) in [6.45, 7) is 3.81. The molecule has 0 aliphatic rings. The largest absolute Gasteiger partial charge is 0.378 e. The van der Waals surface area contributed by atoms with Crippen molar-refractivity contribution in [2.75, 3.05) is 10.6 Å². The van der Waals surface area contributed by atoms with Gasteiger partial charge < -0.3 is 15.2 Å². The Balaban J connectivity index is 1.56. The van der Waals surface area contributed by atoms with Crippen molar-refractivity contribution in [3.63, 3.8) is 0 Å². The van der Waals surface area contributed by atoms with Gasteiger partial charge in [-0.1, -0.05) is 23.4 Å². The van der Waals surface area contributed by atoms with Crippen LogP contribution in [0.5, 0.6) is 0 Å². The normalized spacial score (nSPS) is 11.7. The number of nitrogens with one attached hydrogen (secondary N) is 2. The van der Waals surface area contributed by atoms with E-state index in [0.717, 1.165) is 11.5 Å². The summed E-state index contributed by atoms with van der Waals surface area (Å²) in [6.07, 6.45) is 0. The number of nitrogens with zero attached hydrogens (tertiary/aromatic N) is 3. The van der Waals surface area contributed by atoms with E-state index in [2.05, 4.69) is 20.8 Å². The van der Waals surface area contributed by atoms with Crippen molar-refractivity contribution in [1.82, 2.24) is 14.8 Å². The van der Waals surface area contributed by atoms with Gasteiger partial charge in [0.1, 0.15) is 0 Å². The molecule has 9 heteroatoms. The standard InChI is InChI=1S/C21H22ClN5O2S/c1-13(28)15-4-8-18(9-5-15)24-20(29)14(2)30-21-26-25-19(27(21)3)12-23-17-10-6-16(22)7-11-17/h4-11,14,23H,12H2,1-3H3,(H,24,29). The molecule has 0 radical (unpaired) electrons. The van der Waals surface area contributed by atoms with Crippen LogP contribution in [0.1, 0.15) is 30.0 Å². The van der Waals surface area contributed by atoms with Crippen molar-refractivity contribution in [2.45, 2.75) is 30.8 Å². The number of Topliss-reactive ketones (excluding diaryl/α,β-unsaturated/α-hetero) is 1. The lowest BCUT2D eigenvalue weighted by Crippen LogP contribution is -2.23. The SMILES string of the molecule is CC(=O)c1ccc(NC(=O)C(C)Sc2nnc(CNc3ccc(Cl)cc3)n2C)cc1. The third-order valence-corrected chi connectivity index (χ3v) is 5.82. The number of aromatic nitrogens is 3. The Labute approximate surface area is 184 Å². The Morgan fingerprint density at radius 2 is 1.70 bits per heavy atom. The van der Waals surface area contributed by atoms with E-state index in [9.17, 15) is 9.59 Å². The predicted molar refractivity (Wildman–Crippen MR) is 120 cm³/mol. The Bertz CT molecular complexity index is 1030. The predicted octanol–water partition coefficient (Wildman–Crippen LogP) is 4.40. The van der Waals surface area contributed by atoms with Crippen LogP contribution in [0.2, 0.25) is 5.02 Å². The lowest BCUT2D eigenvalue weighted by molar-refractivity contribution is -0.115. The second-order valence-electron chi connectivity index (χ2n) is 6.70. The Hall–Kier alpha value is -2.84. The molecular formula is C21H22ClN5O2S. The van der Waals surface area contributed by atoms with Gasteiger partial charge in [0.15, 0.2) is 16.8 Å². The summed E-state index contributed by atoms with van der Waals surface area (Å²) in [5.74, 6) is 0.583.